The summed E-state index contributed by atoms with van der Waals surface area (Å²) in [7, 11) is 4.34. The number of hydrogen-bond donors (Lipinski definition) is 1. The fourth-order valence-corrected chi connectivity index (χ4v) is 6.19. The molecule has 4 heterocycles. The Morgan fingerprint density at radius 1 is 1.14 bits per heavy atom. The van der Waals surface area contributed by atoms with Crippen molar-refractivity contribution in [2.24, 2.45) is 5.92 Å². The van der Waals surface area contributed by atoms with Gasteiger partial charge in [0.2, 0.25) is 0 Å². The van der Waals surface area contributed by atoms with E-state index in [0.717, 1.165) is 84.6 Å². The van der Waals surface area contributed by atoms with Crippen LogP contribution in [0.1, 0.15) is 30.5 Å². The molecule has 3 aliphatic rings. The van der Waals surface area contributed by atoms with E-state index in [-0.39, 0.29) is 0 Å². The standard InChI is InChI=1S/C29H37ClN6O/c1-34-13-5-8-22(34)19-37-29-32-25-18-36(26-10-4-7-21-6-3-9-24(30)27(21)26)15-12-23(25)28(33-29)35(2)14-11-20-16-31-17-20/h3-4,6-7,9-10,20,22,31H,5,8,11-19H2,1-2H3/t22-/m0/s1. The van der Waals surface area contributed by atoms with E-state index in [0.29, 0.717) is 18.7 Å². The van der Waals surface area contributed by atoms with Crippen LogP contribution >= 0.6 is 11.6 Å². The van der Waals surface area contributed by atoms with E-state index >= 15 is 0 Å². The molecule has 7 nitrogen and oxygen atoms in total. The van der Waals surface area contributed by atoms with E-state index in [2.05, 4.69) is 58.4 Å². The van der Waals surface area contributed by atoms with Crippen molar-refractivity contribution in [2.45, 2.75) is 38.3 Å². The molecule has 0 saturated carbocycles. The first-order valence-corrected chi connectivity index (χ1v) is 14.0. The molecular weight excluding hydrogens is 484 g/mol. The van der Waals surface area contributed by atoms with Crippen LogP contribution in [0.2, 0.25) is 5.02 Å². The zero-order valence-corrected chi connectivity index (χ0v) is 22.7. The predicted octanol–water partition coefficient (Wildman–Crippen LogP) is 4.36. The summed E-state index contributed by atoms with van der Waals surface area (Å²) in [4.78, 5) is 17.1. The van der Waals surface area contributed by atoms with Gasteiger partial charge in [0.1, 0.15) is 12.4 Å². The van der Waals surface area contributed by atoms with Crippen LogP contribution in [-0.2, 0) is 13.0 Å². The van der Waals surface area contributed by atoms with E-state index in [1.54, 1.807) is 0 Å². The molecule has 3 aliphatic heterocycles. The molecule has 1 atom stereocenters. The summed E-state index contributed by atoms with van der Waals surface area (Å²) in [5.74, 6) is 1.79. The Morgan fingerprint density at radius 3 is 2.73 bits per heavy atom. The lowest BCUT2D eigenvalue weighted by Gasteiger charge is -2.34. The molecule has 0 amide bonds. The number of anilines is 2. The van der Waals surface area contributed by atoms with E-state index in [1.165, 1.54) is 24.8 Å². The molecule has 1 aromatic heterocycles. The Hall–Kier alpha value is -2.61. The van der Waals surface area contributed by atoms with Gasteiger partial charge in [-0.2, -0.15) is 9.97 Å². The third kappa shape index (κ3) is 5.09. The number of aromatic nitrogens is 2. The van der Waals surface area contributed by atoms with Crippen LogP contribution in [0.15, 0.2) is 36.4 Å². The first-order chi connectivity index (χ1) is 18.1. The van der Waals surface area contributed by atoms with Crippen molar-refractivity contribution >= 4 is 33.9 Å². The fraction of sp³-hybridized carbons (Fsp3) is 0.517. The Kier molecular flexibility index (Phi) is 7.10. The molecule has 37 heavy (non-hydrogen) atoms. The van der Waals surface area contributed by atoms with Crippen LogP contribution in [0.4, 0.5) is 11.5 Å². The highest BCUT2D eigenvalue weighted by Crippen LogP contribution is 2.37. The SMILES string of the molecule is CN(CCC1CNC1)c1nc(OC[C@@H]2CCCN2C)nc2c1CCN(c1cccc3cccc(Cl)c13)C2. The number of likely N-dealkylation sites (tertiary alicyclic amines) is 1. The highest BCUT2D eigenvalue weighted by atomic mass is 35.5. The average molecular weight is 521 g/mol. The molecule has 0 aliphatic carbocycles. The Morgan fingerprint density at radius 2 is 1.97 bits per heavy atom. The Labute approximate surface area is 224 Å². The first-order valence-electron chi connectivity index (χ1n) is 13.6. The lowest BCUT2D eigenvalue weighted by Crippen LogP contribution is -2.43. The molecule has 6 rings (SSSR count). The highest BCUT2D eigenvalue weighted by Gasteiger charge is 2.28. The van der Waals surface area contributed by atoms with Crippen molar-refractivity contribution < 1.29 is 4.74 Å². The second-order valence-corrected chi connectivity index (χ2v) is 11.3. The lowest BCUT2D eigenvalue weighted by molar-refractivity contribution is 0.187. The van der Waals surface area contributed by atoms with Crippen LogP contribution in [0.3, 0.4) is 0 Å². The normalized spacial score (nSPS) is 20.2. The van der Waals surface area contributed by atoms with Gasteiger partial charge in [-0.3, -0.25) is 0 Å². The van der Waals surface area contributed by atoms with Crippen molar-refractivity contribution in [2.75, 3.05) is 63.2 Å². The third-order valence-corrected chi connectivity index (χ3v) is 8.69. The van der Waals surface area contributed by atoms with Crippen LogP contribution in [0.25, 0.3) is 10.8 Å². The van der Waals surface area contributed by atoms with Gasteiger partial charge < -0.3 is 24.8 Å². The van der Waals surface area contributed by atoms with E-state index in [1.807, 2.05) is 12.1 Å². The summed E-state index contributed by atoms with van der Waals surface area (Å²) in [5, 5.41) is 6.44. The second-order valence-electron chi connectivity index (χ2n) is 10.9. The van der Waals surface area contributed by atoms with Gasteiger partial charge in [-0.25, -0.2) is 0 Å². The number of nitrogens with one attached hydrogen (secondary N) is 1. The largest absolute Gasteiger partial charge is 0.462 e. The van der Waals surface area contributed by atoms with E-state index in [9.17, 15) is 0 Å². The number of likely N-dealkylation sites (N-methyl/N-ethyl adjacent to an activating group) is 1. The first kappa shape index (κ1) is 24.7. The van der Waals surface area contributed by atoms with Gasteiger partial charge in [-0.1, -0.05) is 35.9 Å². The molecule has 8 heteroatoms. The fourth-order valence-electron chi connectivity index (χ4n) is 5.91. The van der Waals surface area contributed by atoms with E-state index < -0.39 is 0 Å². The van der Waals surface area contributed by atoms with Gasteiger partial charge in [0, 0.05) is 42.8 Å². The summed E-state index contributed by atoms with van der Waals surface area (Å²) < 4.78 is 6.27. The second kappa shape index (κ2) is 10.6. The molecule has 0 spiro atoms. The van der Waals surface area contributed by atoms with Crippen molar-refractivity contribution in [3.8, 4) is 6.01 Å². The van der Waals surface area contributed by atoms with E-state index in [4.69, 9.17) is 26.3 Å². The maximum atomic E-state index is 6.68. The van der Waals surface area contributed by atoms with Crippen LogP contribution in [0.5, 0.6) is 6.01 Å². The van der Waals surface area contributed by atoms with Crippen LogP contribution < -0.4 is 19.9 Å². The molecular formula is C29H37ClN6O. The number of benzene rings is 2. The lowest BCUT2D eigenvalue weighted by atomic mass is 9.99. The minimum atomic E-state index is 0.432. The summed E-state index contributed by atoms with van der Waals surface area (Å²) >= 11 is 6.68. The number of ether oxygens (including phenoxy) is 1. The topological polar surface area (TPSA) is 56.8 Å². The molecule has 0 unspecified atom stereocenters. The number of hydrogen-bond acceptors (Lipinski definition) is 7. The van der Waals surface area contributed by atoms with Gasteiger partial charge in [0.15, 0.2) is 0 Å². The minimum absolute atomic E-state index is 0.432. The monoisotopic (exact) mass is 520 g/mol. The number of halogens is 1. The Balaban J connectivity index is 1.29. The molecule has 0 bridgehead atoms. The van der Waals surface area contributed by atoms with Crippen LogP contribution in [-0.4, -0.2) is 74.3 Å². The Bertz CT molecular complexity index is 1260. The smallest absolute Gasteiger partial charge is 0.318 e. The van der Waals surface area contributed by atoms with Gasteiger partial charge in [0.25, 0.3) is 0 Å². The summed E-state index contributed by atoms with van der Waals surface area (Å²) in [6.45, 7) is 6.63. The summed E-state index contributed by atoms with van der Waals surface area (Å²) in [6.07, 6.45) is 4.46. The summed E-state index contributed by atoms with van der Waals surface area (Å²) in [6, 6.07) is 13.5. The number of nitrogens with zero attached hydrogens (tertiary/aromatic N) is 5. The van der Waals surface area contributed by atoms with Crippen molar-refractivity contribution in [1.29, 1.82) is 0 Å². The van der Waals surface area contributed by atoms with Gasteiger partial charge in [-0.15, -0.1) is 0 Å². The number of fused-ring (bicyclic) bond motifs is 2. The van der Waals surface area contributed by atoms with Gasteiger partial charge in [0.05, 0.1) is 17.3 Å². The summed E-state index contributed by atoms with van der Waals surface area (Å²) in [5.41, 5.74) is 3.48. The van der Waals surface area contributed by atoms with Gasteiger partial charge >= 0.3 is 6.01 Å². The van der Waals surface area contributed by atoms with Crippen molar-refractivity contribution in [3.63, 3.8) is 0 Å². The third-order valence-electron chi connectivity index (χ3n) is 8.37. The number of rotatable bonds is 8. The maximum absolute atomic E-state index is 6.68. The van der Waals surface area contributed by atoms with Crippen molar-refractivity contribution in [3.05, 3.63) is 52.7 Å². The predicted molar refractivity (Wildman–Crippen MR) is 151 cm³/mol. The molecule has 2 saturated heterocycles. The molecule has 2 aromatic carbocycles. The maximum Gasteiger partial charge on any atom is 0.318 e. The molecule has 2 fully saturated rings. The quantitative estimate of drug-likeness (QED) is 0.473. The zero-order valence-electron chi connectivity index (χ0n) is 21.9. The average Bonchev–Trinajstić information content (AvgIpc) is 3.30. The van der Waals surface area contributed by atoms with Gasteiger partial charge in [-0.05, 0) is 75.8 Å². The molecule has 0 radical (unpaired) electrons. The molecule has 196 valence electrons. The highest BCUT2D eigenvalue weighted by molar-refractivity contribution is 6.36. The van der Waals surface area contributed by atoms with Crippen molar-refractivity contribution in [1.82, 2.24) is 20.2 Å². The zero-order chi connectivity index (χ0) is 25.4. The minimum Gasteiger partial charge on any atom is -0.462 e. The molecule has 3 aromatic rings. The molecule has 1 N–H and O–H groups in total. The van der Waals surface area contributed by atoms with Crippen LogP contribution in [0, 0.1) is 5.92 Å².